The van der Waals surface area contributed by atoms with E-state index in [1.807, 2.05) is 5.43 Å². The molecule has 3 N–H and O–H groups in total. The predicted molar refractivity (Wildman–Crippen MR) is 105 cm³/mol. The Morgan fingerprint density at radius 3 is 1.24 bits per heavy atom. The summed E-state index contributed by atoms with van der Waals surface area (Å²) in [7, 11) is 0. The van der Waals surface area contributed by atoms with Crippen LogP contribution in [0, 0.1) is 30.3 Å². The highest BCUT2D eigenvalue weighted by molar-refractivity contribution is 6.03. The van der Waals surface area contributed by atoms with Crippen LogP contribution < -0.4 is 11.3 Å². The third kappa shape index (κ3) is 3.33. The first-order valence-corrected chi connectivity index (χ1v) is 8.13. The fourth-order valence-electron chi connectivity index (χ4n) is 3.15. The van der Waals surface area contributed by atoms with Gasteiger partial charge < -0.3 is 5.43 Å². The topological polar surface area (TPSA) is 167 Å². The molecule has 0 spiro atoms. The van der Waals surface area contributed by atoms with Crippen molar-refractivity contribution in [1.82, 2.24) is 0 Å². The number of benzene rings is 3. The Kier molecular flexibility index (Phi) is 5.15. The molecule has 0 aliphatic carbocycles. The molecule has 3 aromatic rings. The van der Waals surface area contributed by atoms with Crippen LogP contribution in [-0.4, -0.2) is 14.8 Å². The Bertz CT molecular complexity index is 1040. The fraction of sp³-hybridized carbons (Fsp3) is 0. The van der Waals surface area contributed by atoms with E-state index in [-0.39, 0.29) is 22.3 Å². The monoisotopic (exact) mass is 395 g/mol. The number of nitro benzene ring substituents is 3. The highest BCUT2D eigenvalue weighted by Gasteiger charge is 2.42. The fourth-order valence-corrected chi connectivity index (χ4v) is 3.15. The maximum Gasteiger partial charge on any atom is 0.315 e. The van der Waals surface area contributed by atoms with Crippen molar-refractivity contribution in [3.05, 3.63) is 91.0 Å². The summed E-state index contributed by atoms with van der Waals surface area (Å²) in [5, 5.41) is 35.7. The first-order valence-electron chi connectivity index (χ1n) is 8.13. The SMILES string of the molecule is NNc1c([N+](=O)[O-])c(-c2ccccc2)c([N+](=O)[O-])c(-c2ccccc2)c1[N+](=O)[O-]. The van der Waals surface area contributed by atoms with E-state index in [4.69, 9.17) is 5.84 Å². The number of nitrogens with one attached hydrogen (secondary N) is 1. The summed E-state index contributed by atoms with van der Waals surface area (Å²) in [5.74, 6) is 5.42. The predicted octanol–water partition coefficient (Wildman–Crippen LogP) is 4.03. The summed E-state index contributed by atoms with van der Waals surface area (Å²) < 4.78 is 0. The van der Waals surface area contributed by atoms with Gasteiger partial charge in [-0.25, -0.2) is 0 Å². The van der Waals surface area contributed by atoms with Gasteiger partial charge in [0.25, 0.3) is 5.69 Å². The van der Waals surface area contributed by atoms with Crippen LogP contribution in [0.5, 0.6) is 0 Å². The van der Waals surface area contributed by atoms with Gasteiger partial charge in [0, 0.05) is 0 Å². The van der Waals surface area contributed by atoms with Gasteiger partial charge in [0.2, 0.25) is 5.69 Å². The van der Waals surface area contributed by atoms with Crippen LogP contribution in [0.4, 0.5) is 22.7 Å². The van der Waals surface area contributed by atoms with Crippen molar-refractivity contribution in [2.24, 2.45) is 5.84 Å². The van der Waals surface area contributed by atoms with Gasteiger partial charge in [-0.3, -0.25) is 36.2 Å². The molecule has 0 radical (unpaired) electrons. The number of nitrogen functional groups attached to an aromatic ring is 1. The number of hydrazine groups is 1. The lowest BCUT2D eigenvalue weighted by Crippen LogP contribution is -2.14. The van der Waals surface area contributed by atoms with E-state index in [9.17, 15) is 30.3 Å². The second kappa shape index (κ2) is 7.70. The molecule has 0 unspecified atom stereocenters. The van der Waals surface area contributed by atoms with Crippen LogP contribution in [0.1, 0.15) is 0 Å². The summed E-state index contributed by atoms with van der Waals surface area (Å²) in [5.41, 5.74) is -1.52. The smallest absolute Gasteiger partial charge is 0.313 e. The summed E-state index contributed by atoms with van der Waals surface area (Å²) in [6.07, 6.45) is 0. The van der Waals surface area contributed by atoms with E-state index in [0.29, 0.717) is 0 Å². The average molecular weight is 395 g/mol. The van der Waals surface area contributed by atoms with Gasteiger partial charge in [-0.2, -0.15) is 0 Å². The molecule has 3 rings (SSSR count). The third-order valence-corrected chi connectivity index (χ3v) is 4.24. The van der Waals surface area contributed by atoms with E-state index in [2.05, 4.69) is 0 Å². The molecular weight excluding hydrogens is 382 g/mol. The van der Waals surface area contributed by atoms with E-state index < -0.39 is 37.5 Å². The summed E-state index contributed by atoms with van der Waals surface area (Å²) in [6.45, 7) is 0. The number of nitrogens with zero attached hydrogens (tertiary/aromatic N) is 3. The highest BCUT2D eigenvalue weighted by atomic mass is 16.6. The Labute approximate surface area is 162 Å². The lowest BCUT2D eigenvalue weighted by molar-refractivity contribution is -0.399. The summed E-state index contributed by atoms with van der Waals surface area (Å²) >= 11 is 0. The molecule has 0 amide bonds. The Morgan fingerprint density at radius 1 is 0.621 bits per heavy atom. The molecule has 0 atom stereocenters. The Balaban J connectivity index is 2.66. The number of nitrogens with two attached hydrogens (primary N) is 1. The molecule has 146 valence electrons. The van der Waals surface area contributed by atoms with E-state index >= 15 is 0 Å². The molecule has 11 nitrogen and oxygen atoms in total. The van der Waals surface area contributed by atoms with Crippen LogP contribution in [0.25, 0.3) is 22.3 Å². The molecule has 0 aliphatic heterocycles. The molecule has 0 aromatic heterocycles. The number of anilines is 1. The summed E-state index contributed by atoms with van der Waals surface area (Å²) in [4.78, 5) is 33.0. The lowest BCUT2D eigenvalue weighted by Gasteiger charge is -2.14. The minimum Gasteiger partial charge on any atom is -0.313 e. The van der Waals surface area contributed by atoms with Crippen LogP contribution >= 0.6 is 0 Å². The summed E-state index contributed by atoms with van der Waals surface area (Å²) in [6, 6.07) is 15.2. The van der Waals surface area contributed by atoms with Gasteiger partial charge in [0.1, 0.15) is 11.1 Å². The van der Waals surface area contributed by atoms with Crippen molar-refractivity contribution in [2.45, 2.75) is 0 Å². The van der Waals surface area contributed by atoms with E-state index in [1.54, 1.807) is 36.4 Å². The molecular formula is C18H13N5O6. The maximum absolute atomic E-state index is 12.0. The third-order valence-electron chi connectivity index (χ3n) is 4.24. The van der Waals surface area contributed by atoms with Crippen LogP contribution in [0.2, 0.25) is 0 Å². The van der Waals surface area contributed by atoms with E-state index in [1.165, 1.54) is 24.3 Å². The lowest BCUT2D eigenvalue weighted by atomic mass is 9.91. The molecule has 29 heavy (non-hydrogen) atoms. The average Bonchev–Trinajstić information content (AvgIpc) is 2.72. The minimum absolute atomic E-state index is 0.148. The van der Waals surface area contributed by atoms with Crippen molar-refractivity contribution in [3.63, 3.8) is 0 Å². The molecule has 11 heteroatoms. The molecule has 0 bridgehead atoms. The Hall–Kier alpha value is -4.38. The zero-order valence-electron chi connectivity index (χ0n) is 14.6. The van der Waals surface area contributed by atoms with Crippen molar-refractivity contribution < 1.29 is 14.8 Å². The van der Waals surface area contributed by atoms with Gasteiger partial charge in [-0.05, 0) is 11.1 Å². The second-order valence-corrected chi connectivity index (χ2v) is 5.82. The number of rotatable bonds is 6. The van der Waals surface area contributed by atoms with Gasteiger partial charge in [-0.1, -0.05) is 60.7 Å². The second-order valence-electron chi connectivity index (χ2n) is 5.82. The number of nitro groups is 3. The Morgan fingerprint density at radius 2 is 0.966 bits per heavy atom. The molecule has 3 aromatic carbocycles. The largest absolute Gasteiger partial charge is 0.315 e. The van der Waals surface area contributed by atoms with Crippen molar-refractivity contribution in [1.29, 1.82) is 0 Å². The van der Waals surface area contributed by atoms with Crippen LogP contribution in [0.3, 0.4) is 0 Å². The number of hydrogen-bond acceptors (Lipinski definition) is 8. The van der Waals surface area contributed by atoms with Crippen LogP contribution in [-0.2, 0) is 0 Å². The van der Waals surface area contributed by atoms with E-state index in [0.717, 1.165) is 0 Å². The van der Waals surface area contributed by atoms with Gasteiger partial charge in [0.05, 0.1) is 14.8 Å². The molecule has 0 fully saturated rings. The molecule has 0 saturated carbocycles. The van der Waals surface area contributed by atoms with Crippen LogP contribution in [0.15, 0.2) is 60.7 Å². The zero-order chi connectivity index (χ0) is 21.1. The number of hydrogen-bond donors (Lipinski definition) is 2. The van der Waals surface area contributed by atoms with Gasteiger partial charge in [0.15, 0.2) is 0 Å². The first kappa shape index (κ1) is 19.4. The van der Waals surface area contributed by atoms with Gasteiger partial charge in [-0.15, -0.1) is 0 Å². The van der Waals surface area contributed by atoms with Crippen molar-refractivity contribution in [3.8, 4) is 22.3 Å². The van der Waals surface area contributed by atoms with Crippen molar-refractivity contribution >= 4 is 22.7 Å². The highest BCUT2D eigenvalue weighted by Crippen LogP contribution is 2.54. The van der Waals surface area contributed by atoms with Crippen molar-refractivity contribution in [2.75, 3.05) is 5.43 Å². The zero-order valence-corrected chi connectivity index (χ0v) is 14.6. The standard InChI is InChI=1S/C18H13N5O6/c19-20-15-17(22(26)27)13(11-7-3-1-4-8-11)16(21(24)25)14(18(15)23(28)29)12-9-5-2-6-10-12/h1-10,20H,19H2. The van der Waals surface area contributed by atoms with Gasteiger partial charge >= 0.3 is 11.4 Å². The minimum atomic E-state index is -0.924. The molecule has 0 heterocycles. The maximum atomic E-state index is 12.0. The first-order chi connectivity index (χ1) is 13.9. The molecule has 0 saturated heterocycles. The molecule has 0 aliphatic rings. The quantitative estimate of drug-likeness (QED) is 0.358. The normalized spacial score (nSPS) is 10.4.